The predicted molar refractivity (Wildman–Crippen MR) is 86.1 cm³/mol. The molecule has 0 spiro atoms. The maximum atomic E-state index is 11.6. The number of hydrogen-bond donors (Lipinski definition) is 2. The van der Waals surface area contributed by atoms with E-state index < -0.39 is 0 Å². The average Bonchev–Trinajstić information content (AvgIpc) is 3.37. The Morgan fingerprint density at radius 3 is 2.29 bits per heavy atom. The lowest BCUT2D eigenvalue weighted by molar-refractivity contribution is -0.122. The second-order valence-electron chi connectivity index (χ2n) is 7.47. The summed E-state index contributed by atoms with van der Waals surface area (Å²) in [6.07, 6.45) is 15.1. The van der Waals surface area contributed by atoms with Crippen LogP contribution in [-0.4, -0.2) is 25.0 Å². The van der Waals surface area contributed by atoms with Gasteiger partial charge in [0.25, 0.3) is 0 Å². The Bertz CT molecular complexity index is 334. The third-order valence-electron chi connectivity index (χ3n) is 5.85. The molecule has 0 saturated heterocycles. The number of carbonyl (C=O) groups excluding carboxylic acids is 1. The van der Waals surface area contributed by atoms with Gasteiger partial charge < -0.3 is 10.6 Å². The maximum absolute atomic E-state index is 11.6. The Morgan fingerprint density at radius 1 is 0.810 bits per heavy atom. The number of carbonyl (C=O) groups is 1. The lowest BCUT2D eigenvalue weighted by Crippen LogP contribution is -2.45. The summed E-state index contributed by atoms with van der Waals surface area (Å²) in [6, 6.07) is 0.708. The molecule has 1 amide bonds. The molecule has 2 atom stereocenters. The Kier molecular flexibility index (Phi) is 5.56. The van der Waals surface area contributed by atoms with Crippen molar-refractivity contribution in [3.63, 3.8) is 0 Å². The Labute approximate surface area is 129 Å². The van der Waals surface area contributed by atoms with Crippen LogP contribution in [0, 0.1) is 17.8 Å². The van der Waals surface area contributed by atoms with Gasteiger partial charge in [-0.25, -0.2) is 0 Å². The second-order valence-corrected chi connectivity index (χ2v) is 7.47. The topological polar surface area (TPSA) is 41.1 Å². The Morgan fingerprint density at radius 2 is 1.52 bits per heavy atom. The second kappa shape index (κ2) is 7.62. The van der Waals surface area contributed by atoms with Crippen LogP contribution in [0.25, 0.3) is 0 Å². The minimum atomic E-state index is 0.282. The molecule has 0 aromatic carbocycles. The normalized spacial score (nSPS) is 31.0. The number of nitrogens with one attached hydrogen (secondary N) is 2. The van der Waals surface area contributed by atoms with E-state index >= 15 is 0 Å². The molecular weight excluding hydrogens is 260 g/mol. The van der Waals surface area contributed by atoms with Gasteiger partial charge in [-0.15, -0.1) is 0 Å². The van der Waals surface area contributed by atoms with E-state index in [2.05, 4.69) is 10.6 Å². The van der Waals surface area contributed by atoms with Crippen molar-refractivity contribution >= 4 is 5.91 Å². The van der Waals surface area contributed by atoms with Gasteiger partial charge >= 0.3 is 0 Å². The van der Waals surface area contributed by atoms with Crippen molar-refractivity contribution in [3.8, 4) is 0 Å². The fourth-order valence-electron chi connectivity index (χ4n) is 4.47. The molecule has 3 fully saturated rings. The van der Waals surface area contributed by atoms with Gasteiger partial charge in [-0.05, 0) is 37.5 Å². The summed E-state index contributed by atoms with van der Waals surface area (Å²) in [5, 5.41) is 6.85. The van der Waals surface area contributed by atoms with E-state index in [0.29, 0.717) is 12.0 Å². The molecule has 0 aliphatic heterocycles. The number of hydrogen-bond acceptors (Lipinski definition) is 2. The average molecular weight is 292 g/mol. The van der Waals surface area contributed by atoms with Crippen molar-refractivity contribution in [2.45, 2.75) is 76.7 Å². The standard InChI is InChI=1S/C18H32N2O/c21-18(15-10-11-15)20-13-12-19-17-9-5-4-8-16(17)14-6-2-1-3-7-14/h14-17,19H,1-13H2,(H,20,21). The van der Waals surface area contributed by atoms with Crippen molar-refractivity contribution < 1.29 is 4.79 Å². The molecule has 3 aliphatic rings. The van der Waals surface area contributed by atoms with E-state index in [9.17, 15) is 4.79 Å². The molecule has 0 radical (unpaired) electrons. The van der Waals surface area contributed by atoms with Gasteiger partial charge in [-0.3, -0.25) is 4.79 Å². The first-order valence-corrected chi connectivity index (χ1v) is 9.35. The summed E-state index contributed by atoms with van der Waals surface area (Å²) in [4.78, 5) is 11.6. The molecule has 0 heterocycles. The summed E-state index contributed by atoms with van der Waals surface area (Å²) in [5.74, 6) is 2.50. The van der Waals surface area contributed by atoms with Crippen LogP contribution in [0.5, 0.6) is 0 Å². The first kappa shape index (κ1) is 15.3. The SMILES string of the molecule is O=C(NCCNC1CCCCC1C1CCCCC1)C1CC1. The fraction of sp³-hybridized carbons (Fsp3) is 0.944. The fourth-order valence-corrected chi connectivity index (χ4v) is 4.47. The molecular formula is C18H32N2O. The lowest BCUT2D eigenvalue weighted by atomic mass is 9.71. The van der Waals surface area contributed by atoms with Gasteiger partial charge in [-0.2, -0.15) is 0 Å². The third kappa shape index (κ3) is 4.45. The van der Waals surface area contributed by atoms with Gasteiger partial charge in [0.2, 0.25) is 5.91 Å². The van der Waals surface area contributed by atoms with Crippen LogP contribution in [0.4, 0.5) is 0 Å². The summed E-state index contributed by atoms with van der Waals surface area (Å²) in [7, 11) is 0. The van der Waals surface area contributed by atoms with Crippen LogP contribution < -0.4 is 10.6 Å². The molecule has 2 N–H and O–H groups in total. The molecule has 0 aromatic heterocycles. The van der Waals surface area contributed by atoms with Gasteiger partial charge in [0.15, 0.2) is 0 Å². The Hall–Kier alpha value is -0.570. The van der Waals surface area contributed by atoms with Crippen LogP contribution in [0.3, 0.4) is 0 Å². The molecule has 0 bridgehead atoms. The largest absolute Gasteiger partial charge is 0.355 e. The van der Waals surface area contributed by atoms with Crippen LogP contribution in [0.2, 0.25) is 0 Å². The lowest BCUT2D eigenvalue weighted by Gasteiger charge is -2.39. The zero-order valence-corrected chi connectivity index (χ0v) is 13.4. The molecule has 0 aromatic rings. The van der Waals surface area contributed by atoms with Crippen LogP contribution in [-0.2, 0) is 4.79 Å². The van der Waals surface area contributed by atoms with Gasteiger partial charge in [-0.1, -0.05) is 44.9 Å². The van der Waals surface area contributed by atoms with E-state index in [1.807, 2.05) is 0 Å². The first-order valence-electron chi connectivity index (χ1n) is 9.35. The predicted octanol–water partition coefficient (Wildman–Crippen LogP) is 3.24. The molecule has 21 heavy (non-hydrogen) atoms. The van der Waals surface area contributed by atoms with Gasteiger partial charge in [0, 0.05) is 25.0 Å². The summed E-state index contributed by atoms with van der Waals surface area (Å²) >= 11 is 0. The van der Waals surface area contributed by atoms with Gasteiger partial charge in [0.1, 0.15) is 0 Å². The highest BCUT2D eigenvalue weighted by molar-refractivity contribution is 5.80. The van der Waals surface area contributed by atoms with Crippen molar-refractivity contribution in [1.82, 2.24) is 10.6 Å². The zero-order chi connectivity index (χ0) is 14.5. The molecule has 120 valence electrons. The van der Waals surface area contributed by atoms with Crippen molar-refractivity contribution in [3.05, 3.63) is 0 Å². The molecule has 3 saturated carbocycles. The van der Waals surface area contributed by atoms with E-state index in [-0.39, 0.29) is 5.91 Å². The van der Waals surface area contributed by atoms with Crippen LogP contribution in [0.1, 0.15) is 70.6 Å². The maximum Gasteiger partial charge on any atom is 0.223 e. The Balaban J connectivity index is 1.39. The summed E-state index contributed by atoms with van der Waals surface area (Å²) < 4.78 is 0. The van der Waals surface area contributed by atoms with Crippen LogP contribution >= 0.6 is 0 Å². The molecule has 2 unspecified atom stereocenters. The zero-order valence-electron chi connectivity index (χ0n) is 13.4. The van der Waals surface area contributed by atoms with Crippen molar-refractivity contribution in [2.24, 2.45) is 17.8 Å². The summed E-state index contributed by atoms with van der Waals surface area (Å²) in [6.45, 7) is 1.76. The highest BCUT2D eigenvalue weighted by Crippen LogP contribution is 2.38. The van der Waals surface area contributed by atoms with E-state index in [0.717, 1.165) is 37.8 Å². The van der Waals surface area contributed by atoms with Crippen molar-refractivity contribution in [2.75, 3.05) is 13.1 Å². The quantitative estimate of drug-likeness (QED) is 0.738. The number of amides is 1. The smallest absolute Gasteiger partial charge is 0.223 e. The van der Waals surface area contributed by atoms with Crippen LogP contribution in [0.15, 0.2) is 0 Å². The number of rotatable bonds is 6. The van der Waals surface area contributed by atoms with E-state index in [4.69, 9.17) is 0 Å². The molecule has 3 aliphatic carbocycles. The molecule has 3 heteroatoms. The van der Waals surface area contributed by atoms with Crippen molar-refractivity contribution in [1.29, 1.82) is 0 Å². The van der Waals surface area contributed by atoms with E-state index in [1.165, 1.54) is 57.8 Å². The highest BCUT2D eigenvalue weighted by atomic mass is 16.2. The van der Waals surface area contributed by atoms with Gasteiger partial charge in [0.05, 0.1) is 0 Å². The minimum Gasteiger partial charge on any atom is -0.355 e. The molecule has 3 nitrogen and oxygen atoms in total. The highest BCUT2D eigenvalue weighted by Gasteiger charge is 2.32. The monoisotopic (exact) mass is 292 g/mol. The summed E-state index contributed by atoms with van der Waals surface area (Å²) in [5.41, 5.74) is 0. The molecule has 3 rings (SSSR count). The first-order chi connectivity index (χ1) is 10.3. The minimum absolute atomic E-state index is 0.282. The van der Waals surface area contributed by atoms with E-state index in [1.54, 1.807) is 0 Å². The third-order valence-corrected chi connectivity index (χ3v) is 5.85.